The molecule has 0 aliphatic rings. The van der Waals surface area contributed by atoms with Gasteiger partial charge in [0.25, 0.3) is 0 Å². The third kappa shape index (κ3) is 9.43. The van der Waals surface area contributed by atoms with Crippen molar-refractivity contribution in [1.82, 2.24) is 0 Å². The molecular weight excluding hydrogens is 276 g/mol. The van der Waals surface area contributed by atoms with E-state index in [0.29, 0.717) is 6.42 Å². The summed E-state index contributed by atoms with van der Waals surface area (Å²) in [5.41, 5.74) is 0. The van der Waals surface area contributed by atoms with Gasteiger partial charge in [-0.3, -0.25) is 9.59 Å². The molecule has 0 aromatic carbocycles. The Kier molecular flexibility index (Phi) is 8.33. The molecule has 0 aromatic rings. The first kappa shape index (κ1) is 17.8. The third-order valence-electron chi connectivity index (χ3n) is 2.00. The van der Waals surface area contributed by atoms with Crippen LogP contribution in [0, 0.1) is 5.92 Å². The highest BCUT2D eigenvalue weighted by Gasteiger charge is 2.17. The van der Waals surface area contributed by atoms with Crippen LogP contribution in [-0.2, 0) is 33.4 Å². The fourth-order valence-electron chi connectivity index (χ4n) is 0.887. The standard InChI is InChI=1S/C11H20O7S/c1-4-5-6-10(12)16-7-18-19(14,15)8-17-11(13)9(2)3/h9H,4-8H2,1-3H3. The number of unbranched alkanes of at least 4 members (excludes halogenated alkanes) is 1. The van der Waals surface area contributed by atoms with Gasteiger partial charge in [0.15, 0.2) is 0 Å². The molecule has 0 rings (SSSR count). The number of ether oxygens (including phenoxy) is 2. The summed E-state index contributed by atoms with van der Waals surface area (Å²) < 4.78 is 35.9. The number of carbonyl (C=O) groups excluding carboxylic acids is 2. The van der Waals surface area contributed by atoms with E-state index in [4.69, 9.17) is 0 Å². The number of hydrogen-bond acceptors (Lipinski definition) is 7. The fourth-order valence-corrected chi connectivity index (χ4v) is 1.41. The molecular formula is C11H20O7S. The first-order chi connectivity index (χ1) is 8.78. The van der Waals surface area contributed by atoms with Crippen molar-refractivity contribution in [3.05, 3.63) is 0 Å². The molecule has 19 heavy (non-hydrogen) atoms. The Balaban J connectivity index is 3.91. The maximum atomic E-state index is 11.3. The Morgan fingerprint density at radius 2 is 1.79 bits per heavy atom. The molecule has 0 spiro atoms. The van der Waals surface area contributed by atoms with Crippen LogP contribution < -0.4 is 0 Å². The van der Waals surface area contributed by atoms with Gasteiger partial charge in [0.1, 0.15) is 0 Å². The second kappa shape index (κ2) is 8.87. The van der Waals surface area contributed by atoms with Gasteiger partial charge in [0.05, 0.1) is 5.92 Å². The van der Waals surface area contributed by atoms with Gasteiger partial charge in [-0.2, -0.15) is 8.42 Å². The van der Waals surface area contributed by atoms with Crippen LogP contribution in [0.1, 0.15) is 40.0 Å². The van der Waals surface area contributed by atoms with Gasteiger partial charge in [-0.15, -0.1) is 0 Å². The monoisotopic (exact) mass is 296 g/mol. The summed E-state index contributed by atoms with van der Waals surface area (Å²) >= 11 is 0. The second-order valence-electron chi connectivity index (χ2n) is 4.15. The highest BCUT2D eigenvalue weighted by atomic mass is 32.2. The molecule has 0 aliphatic heterocycles. The highest BCUT2D eigenvalue weighted by molar-refractivity contribution is 7.86. The molecule has 0 aliphatic carbocycles. The van der Waals surface area contributed by atoms with Crippen LogP contribution in [0.15, 0.2) is 0 Å². The zero-order valence-electron chi connectivity index (χ0n) is 11.4. The molecule has 0 atom stereocenters. The van der Waals surface area contributed by atoms with Gasteiger partial charge in [0, 0.05) is 6.42 Å². The van der Waals surface area contributed by atoms with Crippen molar-refractivity contribution < 1.29 is 31.7 Å². The van der Waals surface area contributed by atoms with Gasteiger partial charge in [-0.1, -0.05) is 27.2 Å². The van der Waals surface area contributed by atoms with Crippen molar-refractivity contribution in [1.29, 1.82) is 0 Å². The molecule has 112 valence electrons. The summed E-state index contributed by atoms with van der Waals surface area (Å²) in [6.45, 7) is 4.36. The molecule has 0 bridgehead atoms. The third-order valence-corrected chi connectivity index (χ3v) is 2.86. The normalized spacial score (nSPS) is 11.4. The van der Waals surface area contributed by atoms with E-state index in [1.807, 2.05) is 6.92 Å². The van der Waals surface area contributed by atoms with Crippen LogP contribution in [0.5, 0.6) is 0 Å². The molecule has 7 nitrogen and oxygen atoms in total. The van der Waals surface area contributed by atoms with Crippen molar-refractivity contribution in [3.63, 3.8) is 0 Å². The van der Waals surface area contributed by atoms with Crippen molar-refractivity contribution in [2.24, 2.45) is 5.92 Å². The lowest BCUT2D eigenvalue weighted by molar-refractivity contribution is -0.151. The summed E-state index contributed by atoms with van der Waals surface area (Å²) in [4.78, 5) is 22.1. The average Bonchev–Trinajstić information content (AvgIpc) is 2.33. The van der Waals surface area contributed by atoms with Gasteiger partial charge < -0.3 is 9.47 Å². The molecule has 0 N–H and O–H groups in total. The Labute approximate surface area is 113 Å². The van der Waals surface area contributed by atoms with Gasteiger partial charge in [-0.25, -0.2) is 4.18 Å². The molecule has 0 fully saturated rings. The van der Waals surface area contributed by atoms with Crippen molar-refractivity contribution in [2.75, 3.05) is 12.7 Å². The zero-order chi connectivity index (χ0) is 14.9. The van der Waals surface area contributed by atoms with Crippen LogP contribution in [0.4, 0.5) is 0 Å². The summed E-state index contributed by atoms with van der Waals surface area (Å²) in [6, 6.07) is 0. The summed E-state index contributed by atoms with van der Waals surface area (Å²) in [5, 5.41) is 0. The summed E-state index contributed by atoms with van der Waals surface area (Å²) in [7, 11) is -4.05. The van der Waals surface area contributed by atoms with Crippen molar-refractivity contribution in [3.8, 4) is 0 Å². The molecule has 0 heterocycles. The first-order valence-corrected chi connectivity index (χ1v) is 7.55. The molecule has 0 saturated heterocycles. The van der Waals surface area contributed by atoms with Crippen molar-refractivity contribution >= 4 is 22.1 Å². The Bertz CT molecular complexity index is 386. The lowest BCUT2D eigenvalue weighted by Crippen LogP contribution is -2.21. The predicted octanol–water partition coefficient (Wildman–Crippen LogP) is 1.18. The number of esters is 2. The van der Waals surface area contributed by atoms with Crippen LogP contribution in [0.25, 0.3) is 0 Å². The molecule has 0 unspecified atom stereocenters. The maximum Gasteiger partial charge on any atom is 0.309 e. The smallest absolute Gasteiger partial charge is 0.309 e. The molecule has 0 saturated carbocycles. The minimum Gasteiger partial charge on any atom is -0.446 e. The molecule has 0 amide bonds. The quantitative estimate of drug-likeness (QED) is 0.358. The van der Waals surface area contributed by atoms with E-state index >= 15 is 0 Å². The minimum absolute atomic E-state index is 0.211. The Morgan fingerprint density at radius 3 is 2.32 bits per heavy atom. The van der Waals surface area contributed by atoms with E-state index in [9.17, 15) is 18.0 Å². The Morgan fingerprint density at radius 1 is 1.16 bits per heavy atom. The number of rotatable bonds is 9. The predicted molar refractivity (Wildman–Crippen MR) is 66.3 cm³/mol. The Hall–Kier alpha value is -1.15. The van der Waals surface area contributed by atoms with Crippen molar-refractivity contribution in [2.45, 2.75) is 40.0 Å². The largest absolute Gasteiger partial charge is 0.446 e. The summed E-state index contributed by atoms with van der Waals surface area (Å²) in [6.07, 6.45) is 1.71. The number of carbonyl (C=O) groups is 2. The van der Waals surface area contributed by atoms with Gasteiger partial charge >= 0.3 is 22.1 Å². The highest BCUT2D eigenvalue weighted by Crippen LogP contribution is 2.02. The molecule has 8 heteroatoms. The average molecular weight is 296 g/mol. The van der Waals surface area contributed by atoms with E-state index in [2.05, 4.69) is 13.7 Å². The first-order valence-electron chi connectivity index (χ1n) is 5.98. The maximum absolute atomic E-state index is 11.3. The summed E-state index contributed by atoms with van der Waals surface area (Å²) in [5.74, 6) is -2.50. The van der Waals surface area contributed by atoms with Crippen LogP contribution >= 0.6 is 0 Å². The van der Waals surface area contributed by atoms with Gasteiger partial charge in [-0.05, 0) is 6.42 Å². The number of hydrogen-bond donors (Lipinski definition) is 0. The van der Waals surface area contributed by atoms with E-state index in [1.165, 1.54) is 0 Å². The SMILES string of the molecule is CCCCC(=O)OCOS(=O)(=O)COC(=O)C(C)C. The zero-order valence-corrected chi connectivity index (χ0v) is 12.2. The fraction of sp³-hybridized carbons (Fsp3) is 0.818. The van der Waals surface area contributed by atoms with Crippen LogP contribution in [0.2, 0.25) is 0 Å². The van der Waals surface area contributed by atoms with Crippen LogP contribution in [-0.4, -0.2) is 33.1 Å². The molecule has 0 aromatic heterocycles. The topological polar surface area (TPSA) is 96.0 Å². The van der Waals surface area contributed by atoms with Crippen LogP contribution in [0.3, 0.4) is 0 Å². The lowest BCUT2D eigenvalue weighted by Gasteiger charge is -2.08. The second-order valence-corrected chi connectivity index (χ2v) is 5.74. The van der Waals surface area contributed by atoms with Gasteiger partial charge in [0.2, 0.25) is 12.7 Å². The minimum atomic E-state index is -4.05. The van der Waals surface area contributed by atoms with E-state index in [1.54, 1.807) is 13.8 Å². The van der Waals surface area contributed by atoms with E-state index in [0.717, 1.165) is 6.42 Å². The van der Waals surface area contributed by atoms with E-state index in [-0.39, 0.29) is 6.42 Å². The lowest BCUT2D eigenvalue weighted by atomic mass is 10.2. The molecule has 0 radical (unpaired) electrons. The van der Waals surface area contributed by atoms with E-state index < -0.39 is 40.7 Å².